The third-order valence-corrected chi connectivity index (χ3v) is 5.57. The Hall–Kier alpha value is -0.780. The monoisotopic (exact) mass is 354 g/mol. The standard InChI is InChI=1S/C15H19BrN2OS/c1-10-6-4-5-7-14(10)20-9-12(19)8-13-15(16)11(2)17-18(13)3/h4-7,12,19H,8-9H2,1-3H3. The molecule has 1 aromatic heterocycles. The summed E-state index contributed by atoms with van der Waals surface area (Å²) in [4.78, 5) is 1.23. The van der Waals surface area contributed by atoms with Crippen LogP contribution in [0.25, 0.3) is 0 Å². The third kappa shape index (κ3) is 3.65. The molecule has 0 spiro atoms. The van der Waals surface area contributed by atoms with E-state index in [0.29, 0.717) is 12.2 Å². The van der Waals surface area contributed by atoms with Crippen molar-refractivity contribution in [3.05, 3.63) is 45.7 Å². The van der Waals surface area contributed by atoms with Crippen LogP contribution in [0.4, 0.5) is 0 Å². The zero-order valence-electron chi connectivity index (χ0n) is 11.9. The SMILES string of the molecule is Cc1ccccc1SCC(O)Cc1c(Br)c(C)nn1C. The van der Waals surface area contributed by atoms with E-state index in [1.165, 1.54) is 10.5 Å². The first-order valence-electron chi connectivity index (χ1n) is 6.53. The largest absolute Gasteiger partial charge is 0.392 e. The minimum Gasteiger partial charge on any atom is -0.392 e. The second kappa shape index (κ2) is 6.78. The highest BCUT2D eigenvalue weighted by atomic mass is 79.9. The van der Waals surface area contributed by atoms with E-state index in [-0.39, 0.29) is 6.10 Å². The van der Waals surface area contributed by atoms with E-state index >= 15 is 0 Å². The Kier molecular flexibility index (Phi) is 5.29. The summed E-state index contributed by atoms with van der Waals surface area (Å²) < 4.78 is 2.83. The summed E-state index contributed by atoms with van der Waals surface area (Å²) in [6.07, 6.45) is 0.224. The van der Waals surface area contributed by atoms with Gasteiger partial charge in [0, 0.05) is 24.1 Å². The van der Waals surface area contributed by atoms with Crippen molar-refractivity contribution in [3.8, 4) is 0 Å². The summed E-state index contributed by atoms with van der Waals surface area (Å²) in [6.45, 7) is 4.05. The fourth-order valence-electron chi connectivity index (χ4n) is 2.09. The zero-order valence-corrected chi connectivity index (χ0v) is 14.3. The van der Waals surface area contributed by atoms with Gasteiger partial charge in [-0.1, -0.05) is 18.2 Å². The molecule has 3 nitrogen and oxygen atoms in total. The van der Waals surface area contributed by atoms with Crippen molar-refractivity contribution >= 4 is 27.7 Å². The molecule has 1 unspecified atom stereocenters. The predicted molar refractivity (Wildman–Crippen MR) is 87.3 cm³/mol. The molecule has 1 N–H and O–H groups in total. The summed E-state index contributed by atoms with van der Waals surface area (Å²) in [5.74, 6) is 0.682. The first-order valence-corrected chi connectivity index (χ1v) is 8.31. The number of benzene rings is 1. The number of aliphatic hydroxyl groups is 1. The van der Waals surface area contributed by atoms with E-state index in [1.54, 1.807) is 11.8 Å². The molecule has 0 radical (unpaired) electrons. The first kappa shape index (κ1) is 15.6. The van der Waals surface area contributed by atoms with Crippen LogP contribution in [-0.2, 0) is 13.5 Å². The van der Waals surface area contributed by atoms with Crippen LogP contribution in [0.2, 0.25) is 0 Å². The Morgan fingerprint density at radius 2 is 2.05 bits per heavy atom. The maximum Gasteiger partial charge on any atom is 0.0738 e. The Morgan fingerprint density at radius 1 is 1.35 bits per heavy atom. The number of hydrogen-bond acceptors (Lipinski definition) is 3. The lowest BCUT2D eigenvalue weighted by atomic mass is 10.2. The lowest BCUT2D eigenvalue weighted by Crippen LogP contribution is -2.16. The van der Waals surface area contributed by atoms with E-state index < -0.39 is 0 Å². The first-order chi connectivity index (χ1) is 9.49. The van der Waals surface area contributed by atoms with Gasteiger partial charge in [0.15, 0.2) is 0 Å². The average molecular weight is 355 g/mol. The maximum atomic E-state index is 10.2. The molecule has 1 heterocycles. The minimum absolute atomic E-state index is 0.384. The topological polar surface area (TPSA) is 38.1 Å². The summed E-state index contributed by atoms with van der Waals surface area (Å²) in [5, 5.41) is 14.6. The second-order valence-electron chi connectivity index (χ2n) is 4.90. The van der Waals surface area contributed by atoms with Gasteiger partial charge in [-0.25, -0.2) is 0 Å². The molecule has 0 saturated heterocycles. The predicted octanol–water partition coefficient (Wildman–Crippen LogP) is 3.50. The number of hydrogen-bond donors (Lipinski definition) is 1. The van der Waals surface area contributed by atoms with Gasteiger partial charge in [-0.3, -0.25) is 4.68 Å². The molecule has 0 aliphatic heterocycles. The van der Waals surface area contributed by atoms with Gasteiger partial charge < -0.3 is 5.11 Å². The lowest BCUT2D eigenvalue weighted by molar-refractivity contribution is 0.197. The maximum absolute atomic E-state index is 10.2. The van der Waals surface area contributed by atoms with Gasteiger partial charge in [-0.2, -0.15) is 5.10 Å². The average Bonchev–Trinajstić information content (AvgIpc) is 2.64. The van der Waals surface area contributed by atoms with Crippen molar-refractivity contribution in [1.82, 2.24) is 9.78 Å². The van der Waals surface area contributed by atoms with Gasteiger partial charge in [0.05, 0.1) is 22.0 Å². The molecule has 5 heteroatoms. The smallest absolute Gasteiger partial charge is 0.0738 e. The Balaban J connectivity index is 1.96. The normalized spacial score (nSPS) is 12.7. The molecule has 0 aliphatic rings. The van der Waals surface area contributed by atoms with Gasteiger partial charge in [0.2, 0.25) is 0 Å². The second-order valence-corrected chi connectivity index (χ2v) is 6.76. The van der Waals surface area contributed by atoms with Crippen molar-refractivity contribution in [2.75, 3.05) is 5.75 Å². The molecule has 20 heavy (non-hydrogen) atoms. The van der Waals surface area contributed by atoms with Crippen molar-refractivity contribution < 1.29 is 5.11 Å². The highest BCUT2D eigenvalue weighted by Gasteiger charge is 2.15. The Bertz CT molecular complexity index is 598. The van der Waals surface area contributed by atoms with E-state index in [9.17, 15) is 5.11 Å². The molecular formula is C15H19BrN2OS. The quantitative estimate of drug-likeness (QED) is 0.835. The summed E-state index contributed by atoms with van der Waals surface area (Å²) >= 11 is 5.23. The van der Waals surface area contributed by atoms with Crippen molar-refractivity contribution in [2.24, 2.45) is 7.05 Å². The van der Waals surface area contributed by atoms with Gasteiger partial charge in [0.25, 0.3) is 0 Å². The molecule has 0 bridgehead atoms. The van der Waals surface area contributed by atoms with Gasteiger partial charge in [0.1, 0.15) is 0 Å². The number of halogens is 1. The fraction of sp³-hybridized carbons (Fsp3) is 0.400. The van der Waals surface area contributed by atoms with Gasteiger partial charge in [-0.15, -0.1) is 11.8 Å². The van der Waals surface area contributed by atoms with Crippen LogP contribution >= 0.6 is 27.7 Å². The van der Waals surface area contributed by atoms with Gasteiger partial charge in [-0.05, 0) is 41.4 Å². The molecule has 108 valence electrons. The molecule has 2 aromatic rings. The Labute approximate surface area is 132 Å². The molecule has 0 fully saturated rings. The fourth-order valence-corrected chi connectivity index (χ4v) is 3.55. The Morgan fingerprint density at radius 3 is 2.65 bits per heavy atom. The summed E-state index contributed by atoms with van der Waals surface area (Å²) in [6, 6.07) is 8.25. The number of aryl methyl sites for hydroxylation is 3. The number of thioether (sulfide) groups is 1. The molecule has 2 rings (SSSR count). The number of rotatable bonds is 5. The van der Waals surface area contributed by atoms with Crippen molar-refractivity contribution in [2.45, 2.75) is 31.3 Å². The van der Waals surface area contributed by atoms with Crippen LogP contribution in [0.3, 0.4) is 0 Å². The molecule has 0 amide bonds. The van der Waals surface area contributed by atoms with Crippen LogP contribution in [0, 0.1) is 13.8 Å². The van der Waals surface area contributed by atoms with Crippen LogP contribution in [0.1, 0.15) is 17.0 Å². The molecular weight excluding hydrogens is 336 g/mol. The van der Waals surface area contributed by atoms with Crippen molar-refractivity contribution in [3.63, 3.8) is 0 Å². The minimum atomic E-state index is -0.384. The third-order valence-electron chi connectivity index (χ3n) is 3.22. The molecule has 0 aliphatic carbocycles. The number of aromatic nitrogens is 2. The molecule has 1 atom stereocenters. The highest BCUT2D eigenvalue weighted by molar-refractivity contribution is 9.10. The van der Waals surface area contributed by atoms with E-state index in [0.717, 1.165) is 15.9 Å². The summed E-state index contributed by atoms with van der Waals surface area (Å²) in [5.41, 5.74) is 3.25. The van der Waals surface area contributed by atoms with Crippen LogP contribution < -0.4 is 0 Å². The van der Waals surface area contributed by atoms with Crippen LogP contribution in [-0.4, -0.2) is 26.7 Å². The van der Waals surface area contributed by atoms with E-state index in [1.807, 2.05) is 30.8 Å². The van der Waals surface area contributed by atoms with E-state index in [4.69, 9.17) is 0 Å². The number of nitrogens with zero attached hydrogens (tertiary/aromatic N) is 2. The number of aliphatic hydroxyl groups excluding tert-OH is 1. The van der Waals surface area contributed by atoms with E-state index in [2.05, 4.69) is 40.1 Å². The zero-order chi connectivity index (χ0) is 14.7. The summed E-state index contributed by atoms with van der Waals surface area (Å²) in [7, 11) is 1.91. The van der Waals surface area contributed by atoms with Crippen LogP contribution in [0.5, 0.6) is 0 Å². The van der Waals surface area contributed by atoms with Crippen LogP contribution in [0.15, 0.2) is 33.6 Å². The molecule has 1 aromatic carbocycles. The molecule has 0 saturated carbocycles. The highest BCUT2D eigenvalue weighted by Crippen LogP contribution is 2.25. The van der Waals surface area contributed by atoms with Gasteiger partial charge >= 0.3 is 0 Å². The van der Waals surface area contributed by atoms with Crippen molar-refractivity contribution in [1.29, 1.82) is 0 Å². The lowest BCUT2D eigenvalue weighted by Gasteiger charge is -2.12.